The Labute approximate surface area is 187 Å². The normalized spacial score (nSPS) is 10.8. The van der Waals surface area contributed by atoms with Crippen molar-refractivity contribution in [3.8, 4) is 11.3 Å². The quantitative estimate of drug-likeness (QED) is 0.376. The molecular weight excluding hydrogens is 396 g/mol. The Morgan fingerprint density at radius 2 is 1.59 bits per heavy atom. The molecule has 0 saturated carbocycles. The molecule has 0 aliphatic carbocycles. The van der Waals surface area contributed by atoms with E-state index in [2.05, 4.69) is 27.8 Å². The fourth-order valence-electron chi connectivity index (χ4n) is 3.23. The molecule has 2 N–H and O–H groups in total. The molecule has 4 rings (SSSR count). The van der Waals surface area contributed by atoms with Crippen LogP contribution in [0.25, 0.3) is 17.3 Å². The molecule has 158 valence electrons. The van der Waals surface area contributed by atoms with Crippen LogP contribution in [0.5, 0.6) is 0 Å². The zero-order valence-corrected chi connectivity index (χ0v) is 17.8. The highest BCUT2D eigenvalue weighted by atomic mass is 16.1. The molecule has 4 aromatic rings. The molecule has 32 heavy (non-hydrogen) atoms. The Balaban J connectivity index is 1.42. The smallest absolute Gasteiger partial charge is 0.248 e. The second-order valence-corrected chi connectivity index (χ2v) is 7.37. The standard InChI is InChI=1S/C27H24N4O/c1-20-18-28-27(29-19-22-10-6-3-7-11-22)31-26(20)23-13-15-24(16-14-23)30-25(32)17-12-21-8-4-2-5-9-21/h2-18H,19H2,1H3,(H,30,32)(H,28,29,31). The van der Waals surface area contributed by atoms with Gasteiger partial charge in [0, 0.05) is 30.1 Å². The maximum Gasteiger partial charge on any atom is 0.248 e. The number of aryl methyl sites for hydroxylation is 1. The van der Waals surface area contributed by atoms with Crippen LogP contribution in [0.4, 0.5) is 11.6 Å². The van der Waals surface area contributed by atoms with E-state index in [4.69, 9.17) is 4.98 Å². The van der Waals surface area contributed by atoms with Crippen molar-refractivity contribution in [3.05, 3.63) is 114 Å². The minimum Gasteiger partial charge on any atom is -0.350 e. The summed E-state index contributed by atoms with van der Waals surface area (Å²) in [6.45, 7) is 2.64. The van der Waals surface area contributed by atoms with Gasteiger partial charge in [-0.05, 0) is 41.8 Å². The number of rotatable bonds is 7. The van der Waals surface area contributed by atoms with Crippen molar-refractivity contribution < 1.29 is 4.79 Å². The van der Waals surface area contributed by atoms with Crippen molar-refractivity contribution in [2.24, 2.45) is 0 Å². The van der Waals surface area contributed by atoms with Crippen LogP contribution in [0.3, 0.4) is 0 Å². The van der Waals surface area contributed by atoms with E-state index in [0.29, 0.717) is 12.5 Å². The first kappa shape index (κ1) is 21.0. The zero-order valence-electron chi connectivity index (χ0n) is 17.8. The Kier molecular flexibility index (Phi) is 6.68. The Hall–Kier alpha value is -4.25. The van der Waals surface area contributed by atoms with E-state index in [9.17, 15) is 4.79 Å². The molecule has 0 unspecified atom stereocenters. The summed E-state index contributed by atoms with van der Waals surface area (Å²) in [6, 6.07) is 27.5. The molecule has 0 spiro atoms. The number of carbonyl (C=O) groups is 1. The first-order valence-electron chi connectivity index (χ1n) is 10.4. The van der Waals surface area contributed by atoms with Gasteiger partial charge in [-0.15, -0.1) is 0 Å². The van der Waals surface area contributed by atoms with Gasteiger partial charge in [-0.25, -0.2) is 9.97 Å². The van der Waals surface area contributed by atoms with Crippen LogP contribution in [0, 0.1) is 6.92 Å². The topological polar surface area (TPSA) is 66.9 Å². The molecule has 0 bridgehead atoms. The summed E-state index contributed by atoms with van der Waals surface area (Å²) in [5, 5.41) is 6.16. The Morgan fingerprint density at radius 3 is 2.31 bits per heavy atom. The number of carbonyl (C=O) groups excluding carboxylic acids is 1. The van der Waals surface area contributed by atoms with Gasteiger partial charge in [0.2, 0.25) is 11.9 Å². The predicted molar refractivity (Wildman–Crippen MR) is 130 cm³/mol. The number of hydrogen-bond acceptors (Lipinski definition) is 4. The first-order chi connectivity index (χ1) is 15.7. The lowest BCUT2D eigenvalue weighted by molar-refractivity contribution is -0.111. The predicted octanol–water partition coefficient (Wildman–Crippen LogP) is 5.72. The third-order valence-corrected chi connectivity index (χ3v) is 4.92. The van der Waals surface area contributed by atoms with Crippen LogP contribution in [0.2, 0.25) is 0 Å². The van der Waals surface area contributed by atoms with Gasteiger partial charge in [-0.1, -0.05) is 72.8 Å². The van der Waals surface area contributed by atoms with Gasteiger partial charge in [-0.2, -0.15) is 0 Å². The molecule has 5 nitrogen and oxygen atoms in total. The number of nitrogens with one attached hydrogen (secondary N) is 2. The van der Waals surface area contributed by atoms with Gasteiger partial charge in [0.25, 0.3) is 0 Å². The Morgan fingerprint density at radius 1 is 0.906 bits per heavy atom. The summed E-state index contributed by atoms with van der Waals surface area (Å²) >= 11 is 0. The maximum absolute atomic E-state index is 12.2. The number of anilines is 2. The number of aromatic nitrogens is 2. The van der Waals surface area contributed by atoms with Gasteiger partial charge in [0.1, 0.15) is 0 Å². The summed E-state index contributed by atoms with van der Waals surface area (Å²) in [4.78, 5) is 21.3. The van der Waals surface area contributed by atoms with Gasteiger partial charge < -0.3 is 10.6 Å². The van der Waals surface area contributed by atoms with Crippen molar-refractivity contribution in [1.82, 2.24) is 9.97 Å². The molecular formula is C27H24N4O. The van der Waals surface area contributed by atoms with Crippen molar-refractivity contribution in [3.63, 3.8) is 0 Å². The number of amides is 1. The average Bonchev–Trinajstić information content (AvgIpc) is 2.84. The van der Waals surface area contributed by atoms with Crippen LogP contribution >= 0.6 is 0 Å². The van der Waals surface area contributed by atoms with Crippen LogP contribution in [0.1, 0.15) is 16.7 Å². The average molecular weight is 421 g/mol. The lowest BCUT2D eigenvalue weighted by Gasteiger charge is -2.10. The van der Waals surface area contributed by atoms with Crippen molar-refractivity contribution in [1.29, 1.82) is 0 Å². The largest absolute Gasteiger partial charge is 0.350 e. The lowest BCUT2D eigenvalue weighted by atomic mass is 10.1. The third kappa shape index (κ3) is 5.67. The van der Waals surface area contributed by atoms with Gasteiger partial charge in [0.15, 0.2) is 0 Å². The maximum atomic E-state index is 12.2. The summed E-state index contributed by atoms with van der Waals surface area (Å²) < 4.78 is 0. The summed E-state index contributed by atoms with van der Waals surface area (Å²) in [5.41, 5.74) is 5.68. The molecule has 3 aromatic carbocycles. The van der Waals surface area contributed by atoms with Crippen molar-refractivity contribution >= 4 is 23.6 Å². The minimum absolute atomic E-state index is 0.174. The highest BCUT2D eigenvalue weighted by molar-refractivity contribution is 6.02. The van der Waals surface area contributed by atoms with Crippen LogP contribution in [-0.4, -0.2) is 15.9 Å². The van der Waals surface area contributed by atoms with E-state index in [-0.39, 0.29) is 5.91 Å². The first-order valence-corrected chi connectivity index (χ1v) is 10.4. The van der Waals surface area contributed by atoms with E-state index in [1.165, 1.54) is 11.6 Å². The summed E-state index contributed by atoms with van der Waals surface area (Å²) in [5.74, 6) is 0.407. The zero-order chi connectivity index (χ0) is 22.2. The number of nitrogens with zero attached hydrogens (tertiary/aromatic N) is 2. The highest BCUT2D eigenvalue weighted by Crippen LogP contribution is 2.24. The minimum atomic E-state index is -0.174. The van der Waals surface area contributed by atoms with Crippen LogP contribution in [-0.2, 0) is 11.3 Å². The second kappa shape index (κ2) is 10.2. The van der Waals surface area contributed by atoms with E-state index in [1.807, 2.05) is 85.9 Å². The molecule has 1 aromatic heterocycles. The number of hydrogen-bond donors (Lipinski definition) is 2. The molecule has 0 atom stereocenters. The lowest BCUT2D eigenvalue weighted by Crippen LogP contribution is -2.07. The number of benzene rings is 3. The fourth-order valence-corrected chi connectivity index (χ4v) is 3.23. The molecule has 5 heteroatoms. The Bertz CT molecular complexity index is 1200. The van der Waals surface area contributed by atoms with E-state index < -0.39 is 0 Å². The molecule has 0 aliphatic rings. The molecule has 0 saturated heterocycles. The molecule has 0 radical (unpaired) electrons. The van der Waals surface area contributed by atoms with Crippen molar-refractivity contribution in [2.75, 3.05) is 10.6 Å². The van der Waals surface area contributed by atoms with Gasteiger partial charge in [-0.3, -0.25) is 4.79 Å². The van der Waals surface area contributed by atoms with E-state index >= 15 is 0 Å². The monoisotopic (exact) mass is 420 g/mol. The third-order valence-electron chi connectivity index (χ3n) is 4.92. The van der Waals surface area contributed by atoms with Gasteiger partial charge >= 0.3 is 0 Å². The van der Waals surface area contributed by atoms with E-state index in [0.717, 1.165) is 28.1 Å². The molecule has 0 aliphatic heterocycles. The SMILES string of the molecule is Cc1cnc(NCc2ccccc2)nc1-c1ccc(NC(=O)C=Cc2ccccc2)cc1. The molecule has 0 fully saturated rings. The van der Waals surface area contributed by atoms with E-state index in [1.54, 1.807) is 6.08 Å². The fraction of sp³-hybridized carbons (Fsp3) is 0.0741. The highest BCUT2D eigenvalue weighted by Gasteiger charge is 2.07. The summed E-state index contributed by atoms with van der Waals surface area (Å²) in [6.07, 6.45) is 5.14. The molecule has 1 heterocycles. The molecule has 1 amide bonds. The van der Waals surface area contributed by atoms with Crippen LogP contribution in [0.15, 0.2) is 97.2 Å². The second-order valence-electron chi connectivity index (χ2n) is 7.37. The van der Waals surface area contributed by atoms with Gasteiger partial charge in [0.05, 0.1) is 5.69 Å². The summed E-state index contributed by atoms with van der Waals surface area (Å²) in [7, 11) is 0. The van der Waals surface area contributed by atoms with Crippen LogP contribution < -0.4 is 10.6 Å². The van der Waals surface area contributed by atoms with Crippen molar-refractivity contribution in [2.45, 2.75) is 13.5 Å².